The first-order valence-electron chi connectivity index (χ1n) is 6.31. The van der Waals surface area contributed by atoms with Crippen LogP contribution in [0.1, 0.15) is 24.8 Å². The van der Waals surface area contributed by atoms with E-state index in [0.29, 0.717) is 11.8 Å². The number of nitrogens with zero attached hydrogens (tertiary/aromatic N) is 1. The fourth-order valence-electron chi connectivity index (χ4n) is 2.87. The summed E-state index contributed by atoms with van der Waals surface area (Å²) < 4.78 is 0. The maximum Gasteiger partial charge on any atom is 0.135 e. The smallest absolute Gasteiger partial charge is 0.135 e. The largest absolute Gasteiger partial charge is 0.300 e. The number of ketones is 1. The summed E-state index contributed by atoms with van der Waals surface area (Å²) in [6, 6.07) is 10.9. The summed E-state index contributed by atoms with van der Waals surface area (Å²) >= 11 is 0. The first-order chi connectivity index (χ1) is 8.31. The molecule has 0 amide bonds. The second kappa shape index (κ2) is 4.46. The van der Waals surface area contributed by atoms with E-state index in [2.05, 4.69) is 35.2 Å². The first-order valence-corrected chi connectivity index (χ1v) is 6.31. The van der Waals surface area contributed by atoms with Gasteiger partial charge in [-0.15, -0.1) is 0 Å². The fraction of sp³-hybridized carbons (Fsp3) is 0.400. The maximum absolute atomic E-state index is 11.4. The lowest BCUT2D eigenvalue weighted by molar-refractivity contribution is -0.122. The highest BCUT2D eigenvalue weighted by Gasteiger charge is 2.32. The summed E-state index contributed by atoms with van der Waals surface area (Å²) in [4.78, 5) is 13.9. The van der Waals surface area contributed by atoms with E-state index in [1.54, 1.807) is 0 Å². The number of fused-ring (bicyclic) bond motifs is 1. The number of hydrogen-bond donors (Lipinski definition) is 0. The predicted octanol–water partition coefficient (Wildman–Crippen LogP) is 2.51. The highest BCUT2D eigenvalue weighted by atomic mass is 16.1. The van der Waals surface area contributed by atoms with Crippen molar-refractivity contribution in [3.05, 3.63) is 41.5 Å². The van der Waals surface area contributed by atoms with Crippen molar-refractivity contribution in [2.75, 3.05) is 13.1 Å². The van der Waals surface area contributed by atoms with Crippen molar-refractivity contribution in [1.82, 2.24) is 4.90 Å². The maximum atomic E-state index is 11.4. The molecule has 88 valence electrons. The molecule has 0 saturated carbocycles. The van der Waals surface area contributed by atoms with Gasteiger partial charge in [-0.25, -0.2) is 0 Å². The second-order valence-corrected chi connectivity index (χ2v) is 5.03. The van der Waals surface area contributed by atoms with Crippen molar-refractivity contribution in [1.29, 1.82) is 0 Å². The molecule has 17 heavy (non-hydrogen) atoms. The Kier molecular flexibility index (Phi) is 2.81. The summed E-state index contributed by atoms with van der Waals surface area (Å²) in [5.41, 5.74) is 2.74. The van der Waals surface area contributed by atoms with Gasteiger partial charge in [-0.1, -0.05) is 42.0 Å². The average molecular weight is 227 g/mol. The quantitative estimate of drug-likeness (QED) is 0.734. The Hall–Kier alpha value is -1.41. The van der Waals surface area contributed by atoms with E-state index in [0.717, 1.165) is 32.4 Å². The summed E-state index contributed by atoms with van der Waals surface area (Å²) in [6.07, 6.45) is 4.85. The number of carbonyl (C=O) groups is 1. The van der Waals surface area contributed by atoms with Gasteiger partial charge in [0, 0.05) is 32.0 Å². The van der Waals surface area contributed by atoms with Crippen molar-refractivity contribution in [3.63, 3.8) is 0 Å². The van der Waals surface area contributed by atoms with Gasteiger partial charge in [-0.3, -0.25) is 9.69 Å². The third-order valence-electron chi connectivity index (χ3n) is 3.73. The molecule has 2 fully saturated rings. The number of benzene rings is 1. The van der Waals surface area contributed by atoms with Gasteiger partial charge in [0.2, 0.25) is 0 Å². The van der Waals surface area contributed by atoms with E-state index in [1.165, 1.54) is 11.1 Å². The third-order valence-corrected chi connectivity index (χ3v) is 3.73. The molecule has 0 aliphatic carbocycles. The lowest BCUT2D eigenvalue weighted by Crippen LogP contribution is -2.37. The Balaban J connectivity index is 1.75. The van der Waals surface area contributed by atoms with Crippen LogP contribution >= 0.6 is 0 Å². The molecule has 0 unspecified atom stereocenters. The van der Waals surface area contributed by atoms with Crippen LogP contribution in [-0.4, -0.2) is 29.8 Å². The highest BCUT2D eigenvalue weighted by molar-refractivity contribution is 5.80. The van der Waals surface area contributed by atoms with Crippen molar-refractivity contribution < 1.29 is 4.79 Å². The van der Waals surface area contributed by atoms with Crippen LogP contribution in [0.15, 0.2) is 35.9 Å². The average Bonchev–Trinajstić information content (AvgIpc) is 2.71. The molecule has 2 saturated heterocycles. The Morgan fingerprint density at radius 3 is 2.82 bits per heavy atom. The van der Waals surface area contributed by atoms with Gasteiger partial charge in [-0.05, 0) is 12.0 Å². The number of hydrogen-bond acceptors (Lipinski definition) is 2. The van der Waals surface area contributed by atoms with Crippen LogP contribution in [0.2, 0.25) is 0 Å². The first kappa shape index (κ1) is 10.7. The van der Waals surface area contributed by atoms with Gasteiger partial charge in [0.25, 0.3) is 0 Å². The molecule has 2 aliphatic rings. The summed E-state index contributed by atoms with van der Waals surface area (Å²) in [5, 5.41) is 0. The minimum absolute atomic E-state index is 0.437. The molecule has 2 nitrogen and oxygen atoms in total. The van der Waals surface area contributed by atoms with Gasteiger partial charge in [0.05, 0.1) is 0 Å². The van der Waals surface area contributed by atoms with Crippen molar-refractivity contribution in [3.8, 4) is 0 Å². The molecule has 0 bridgehead atoms. The van der Waals surface area contributed by atoms with Crippen LogP contribution in [0, 0.1) is 0 Å². The molecule has 2 heteroatoms. The van der Waals surface area contributed by atoms with E-state index >= 15 is 0 Å². The molecule has 2 aliphatic heterocycles. The SMILES string of the molecule is O=C1CCN2C/C(=C\c3ccccc3)C[C@H]2C1. The number of carbonyl (C=O) groups excluding carboxylic acids is 1. The molecule has 1 aromatic rings. The van der Waals surface area contributed by atoms with Crippen molar-refractivity contribution in [2.24, 2.45) is 0 Å². The lowest BCUT2D eigenvalue weighted by Gasteiger charge is -2.27. The Labute approximate surface area is 102 Å². The van der Waals surface area contributed by atoms with Gasteiger partial charge >= 0.3 is 0 Å². The van der Waals surface area contributed by atoms with Crippen LogP contribution < -0.4 is 0 Å². The predicted molar refractivity (Wildman–Crippen MR) is 68.6 cm³/mol. The van der Waals surface area contributed by atoms with E-state index < -0.39 is 0 Å². The topological polar surface area (TPSA) is 20.3 Å². The lowest BCUT2D eigenvalue weighted by atomic mass is 10.0. The molecule has 0 spiro atoms. The monoisotopic (exact) mass is 227 g/mol. The Bertz CT molecular complexity index is 449. The van der Waals surface area contributed by atoms with E-state index in [-0.39, 0.29) is 0 Å². The molecule has 0 aromatic heterocycles. The second-order valence-electron chi connectivity index (χ2n) is 5.03. The number of Topliss-reactive ketones (excluding diaryl/α,β-unsaturated/α-hetero) is 1. The van der Waals surface area contributed by atoms with E-state index in [9.17, 15) is 4.79 Å². The van der Waals surface area contributed by atoms with Gasteiger partial charge in [0.1, 0.15) is 5.78 Å². The number of rotatable bonds is 1. The van der Waals surface area contributed by atoms with Crippen molar-refractivity contribution >= 4 is 11.9 Å². The number of piperidine rings is 1. The summed E-state index contributed by atoms with van der Waals surface area (Å²) in [5.74, 6) is 0.437. The van der Waals surface area contributed by atoms with Crippen LogP contribution in [-0.2, 0) is 4.79 Å². The molecule has 1 aromatic carbocycles. The minimum atomic E-state index is 0.437. The van der Waals surface area contributed by atoms with Crippen LogP contribution in [0.3, 0.4) is 0 Å². The zero-order valence-electron chi connectivity index (χ0n) is 9.93. The van der Waals surface area contributed by atoms with E-state index in [4.69, 9.17) is 0 Å². The highest BCUT2D eigenvalue weighted by Crippen LogP contribution is 2.29. The van der Waals surface area contributed by atoms with Gasteiger partial charge in [-0.2, -0.15) is 0 Å². The molecule has 0 N–H and O–H groups in total. The molecular formula is C15H17NO. The Morgan fingerprint density at radius 1 is 1.18 bits per heavy atom. The Morgan fingerprint density at radius 2 is 2.00 bits per heavy atom. The zero-order valence-corrected chi connectivity index (χ0v) is 9.93. The minimum Gasteiger partial charge on any atom is -0.300 e. The van der Waals surface area contributed by atoms with Crippen LogP contribution in [0.25, 0.3) is 6.08 Å². The van der Waals surface area contributed by atoms with Gasteiger partial charge < -0.3 is 0 Å². The normalized spacial score (nSPS) is 27.4. The van der Waals surface area contributed by atoms with Gasteiger partial charge in [0.15, 0.2) is 0 Å². The summed E-state index contributed by atoms with van der Waals surface area (Å²) in [7, 11) is 0. The standard InChI is InChI=1S/C15H17NO/c17-15-6-7-16-11-13(9-14(16)10-15)8-12-4-2-1-3-5-12/h1-5,8,14H,6-7,9-11H2/b13-8-/t14-/m0/s1. The molecule has 1 atom stereocenters. The van der Waals surface area contributed by atoms with Crippen LogP contribution in [0.5, 0.6) is 0 Å². The molecule has 2 heterocycles. The zero-order chi connectivity index (χ0) is 11.7. The molecular weight excluding hydrogens is 210 g/mol. The third kappa shape index (κ3) is 2.32. The fourth-order valence-corrected chi connectivity index (χ4v) is 2.87. The van der Waals surface area contributed by atoms with Crippen LogP contribution in [0.4, 0.5) is 0 Å². The van der Waals surface area contributed by atoms with Crippen molar-refractivity contribution in [2.45, 2.75) is 25.3 Å². The van der Waals surface area contributed by atoms with E-state index in [1.807, 2.05) is 6.07 Å². The molecule has 0 radical (unpaired) electrons. The summed E-state index contributed by atoms with van der Waals surface area (Å²) in [6.45, 7) is 2.00. The molecule has 3 rings (SSSR count).